The third-order valence-corrected chi connectivity index (χ3v) is 9.52. The van der Waals surface area contributed by atoms with Gasteiger partial charge in [-0.25, -0.2) is 4.98 Å². The van der Waals surface area contributed by atoms with Gasteiger partial charge in [0.2, 0.25) is 5.91 Å². The molecule has 0 aromatic carbocycles. The lowest BCUT2D eigenvalue weighted by Gasteiger charge is -2.36. The molecule has 39 heavy (non-hydrogen) atoms. The van der Waals surface area contributed by atoms with Crippen LogP contribution in [0.1, 0.15) is 91.7 Å². The molecule has 218 valence electrons. The normalized spacial score (nSPS) is 40.1. The second-order valence-electron chi connectivity index (χ2n) is 12.7. The van der Waals surface area contributed by atoms with E-state index in [1.54, 1.807) is 27.0 Å². The molecule has 4 heterocycles. The third kappa shape index (κ3) is 6.16. The highest BCUT2D eigenvalue weighted by molar-refractivity contribution is 5.89. The molecule has 9 nitrogen and oxygen atoms in total. The van der Waals surface area contributed by atoms with Gasteiger partial charge in [0.25, 0.3) is 0 Å². The topological polar surface area (TPSA) is 138 Å². The van der Waals surface area contributed by atoms with Gasteiger partial charge in [0.15, 0.2) is 5.89 Å². The molecule has 3 aliphatic heterocycles. The van der Waals surface area contributed by atoms with Crippen molar-refractivity contribution < 1.29 is 33.7 Å². The van der Waals surface area contributed by atoms with E-state index in [0.29, 0.717) is 24.6 Å². The van der Waals surface area contributed by atoms with Crippen molar-refractivity contribution in [2.75, 3.05) is 6.61 Å². The lowest BCUT2D eigenvalue weighted by molar-refractivity contribution is -0.145. The van der Waals surface area contributed by atoms with Gasteiger partial charge < -0.3 is 29.4 Å². The summed E-state index contributed by atoms with van der Waals surface area (Å²) in [6.07, 6.45) is 4.50. The Bertz CT molecular complexity index is 1090. The van der Waals surface area contributed by atoms with E-state index in [1.165, 1.54) is 0 Å². The van der Waals surface area contributed by atoms with Crippen molar-refractivity contribution in [3.63, 3.8) is 0 Å². The molecule has 3 unspecified atom stereocenters. The maximum atomic E-state index is 13.7. The van der Waals surface area contributed by atoms with Crippen LogP contribution in [0.15, 0.2) is 16.3 Å². The molecule has 0 bridgehead atoms. The first kappa shape index (κ1) is 29.9. The van der Waals surface area contributed by atoms with E-state index in [0.717, 1.165) is 31.3 Å². The summed E-state index contributed by atoms with van der Waals surface area (Å²) in [5, 5.41) is 25.5. The molecular formula is C30H46N2O7. The molecule has 3 fully saturated rings. The van der Waals surface area contributed by atoms with Gasteiger partial charge in [-0.1, -0.05) is 34.1 Å². The number of oxazole rings is 1. The number of aliphatic hydroxyl groups excluding tert-OH is 2. The van der Waals surface area contributed by atoms with Crippen LogP contribution in [0, 0.1) is 24.2 Å². The number of aliphatic hydroxyl groups is 2. The minimum atomic E-state index is -1.24. The van der Waals surface area contributed by atoms with Crippen molar-refractivity contribution in [3.05, 3.63) is 23.4 Å². The van der Waals surface area contributed by atoms with Gasteiger partial charge in [0.05, 0.1) is 59.9 Å². The van der Waals surface area contributed by atoms with E-state index in [9.17, 15) is 19.8 Å². The number of aryl methyl sites for hydroxylation is 1. The second-order valence-corrected chi connectivity index (χ2v) is 12.7. The molecular weight excluding hydrogens is 500 g/mol. The van der Waals surface area contributed by atoms with E-state index in [1.807, 2.05) is 19.9 Å². The highest BCUT2D eigenvalue weighted by atomic mass is 16.6. The van der Waals surface area contributed by atoms with Crippen LogP contribution in [-0.4, -0.2) is 69.1 Å². The van der Waals surface area contributed by atoms with Crippen LogP contribution < -0.4 is 5.32 Å². The summed E-state index contributed by atoms with van der Waals surface area (Å²) in [5.74, 6) is -0.940. The van der Waals surface area contributed by atoms with E-state index in [-0.39, 0.29) is 41.8 Å². The predicted octanol–water partition coefficient (Wildman–Crippen LogP) is 3.74. The van der Waals surface area contributed by atoms with Gasteiger partial charge in [-0.2, -0.15) is 0 Å². The number of fused-ring (bicyclic) bond motifs is 1. The number of hydrogen-bond acceptors (Lipinski definition) is 8. The molecule has 4 rings (SSSR count). The van der Waals surface area contributed by atoms with Gasteiger partial charge in [-0.3, -0.25) is 9.59 Å². The van der Waals surface area contributed by atoms with Crippen LogP contribution in [0.5, 0.6) is 0 Å². The van der Waals surface area contributed by atoms with Crippen molar-refractivity contribution in [2.45, 2.75) is 123 Å². The molecule has 9 heteroatoms. The molecule has 3 saturated heterocycles. The Balaban J connectivity index is 1.64. The molecule has 1 aromatic heterocycles. The molecule has 3 N–H and O–H groups in total. The lowest BCUT2D eigenvalue weighted by Crippen LogP contribution is -2.50. The molecule has 0 aliphatic carbocycles. The Labute approximate surface area is 231 Å². The SMILES string of the molecule is CCC12C[C@@H](C(C)=Cc3coc(C)n3)NC(=O)C[C@H](O)C(C)(C)C(=O)[C@@H](C3CO3)[C@H](O)[C@@H](C)CCCC1(C)O2. The summed E-state index contributed by atoms with van der Waals surface area (Å²) in [7, 11) is 0. The Kier molecular flexibility index (Phi) is 8.49. The number of aromatic nitrogens is 1. The number of nitrogens with one attached hydrogen (secondary N) is 1. The highest BCUT2D eigenvalue weighted by Gasteiger charge is 2.65. The maximum absolute atomic E-state index is 13.7. The van der Waals surface area contributed by atoms with Crippen LogP contribution in [-0.2, 0) is 19.1 Å². The fraction of sp³-hybridized carbons (Fsp3) is 0.767. The Morgan fingerprint density at radius 2 is 1.95 bits per heavy atom. The summed E-state index contributed by atoms with van der Waals surface area (Å²) in [4.78, 5) is 31.4. The zero-order valence-electron chi connectivity index (χ0n) is 24.5. The maximum Gasteiger partial charge on any atom is 0.223 e. The first-order chi connectivity index (χ1) is 18.2. The summed E-state index contributed by atoms with van der Waals surface area (Å²) in [6, 6.07) is -0.358. The van der Waals surface area contributed by atoms with Gasteiger partial charge in [-0.15, -0.1) is 0 Å². The van der Waals surface area contributed by atoms with Gasteiger partial charge in [0, 0.05) is 13.3 Å². The molecule has 0 spiro atoms. The lowest BCUT2D eigenvalue weighted by atomic mass is 9.71. The van der Waals surface area contributed by atoms with Gasteiger partial charge >= 0.3 is 0 Å². The minimum absolute atomic E-state index is 0.130. The number of amides is 1. The second kappa shape index (κ2) is 11.1. The number of hydrogen-bond donors (Lipinski definition) is 3. The van der Waals surface area contributed by atoms with E-state index >= 15 is 0 Å². The smallest absolute Gasteiger partial charge is 0.223 e. The Morgan fingerprint density at radius 3 is 2.54 bits per heavy atom. The Morgan fingerprint density at radius 1 is 1.26 bits per heavy atom. The number of carbonyl (C=O) groups excluding carboxylic acids is 2. The number of epoxide rings is 2. The number of ether oxygens (including phenoxy) is 2. The van der Waals surface area contributed by atoms with Gasteiger partial charge in [0.1, 0.15) is 17.7 Å². The fourth-order valence-corrected chi connectivity index (χ4v) is 6.34. The van der Waals surface area contributed by atoms with E-state index in [4.69, 9.17) is 13.9 Å². The van der Waals surface area contributed by atoms with Crippen molar-refractivity contribution in [3.8, 4) is 0 Å². The molecule has 8 atom stereocenters. The third-order valence-electron chi connectivity index (χ3n) is 9.52. The molecule has 3 aliphatic rings. The largest absolute Gasteiger partial charge is 0.449 e. The monoisotopic (exact) mass is 546 g/mol. The number of Topliss-reactive ketones (excluding diaryl/α,β-unsaturated/α-hetero) is 1. The van der Waals surface area contributed by atoms with E-state index in [2.05, 4.69) is 24.1 Å². The van der Waals surface area contributed by atoms with Gasteiger partial charge in [-0.05, 0) is 50.7 Å². The molecule has 1 amide bonds. The van der Waals surface area contributed by atoms with E-state index < -0.39 is 29.1 Å². The summed E-state index contributed by atoms with van der Waals surface area (Å²) < 4.78 is 17.3. The van der Waals surface area contributed by atoms with Crippen LogP contribution in [0.25, 0.3) is 6.08 Å². The van der Waals surface area contributed by atoms with Crippen LogP contribution >= 0.6 is 0 Å². The first-order valence-electron chi connectivity index (χ1n) is 14.3. The average molecular weight is 547 g/mol. The molecule has 0 radical (unpaired) electrons. The minimum Gasteiger partial charge on any atom is -0.449 e. The standard InChI is InChI=1S/C30H46N2O7/c1-8-30-14-21(18(3)12-20-15-37-19(4)31-20)32-24(34)13-23(33)28(5,6)27(36)25(22-16-38-22)26(35)17(2)10-9-11-29(30,7)39-30/h12,15,17,21-23,25-26,33,35H,8-11,13-14,16H2,1-7H3,(H,32,34)/t17-,21-,22?,23-,25-,26+,29?,30?/m0/s1. The highest BCUT2D eigenvalue weighted by Crippen LogP contribution is 2.56. The summed E-state index contributed by atoms with van der Waals surface area (Å²) in [6.45, 7) is 13.6. The number of nitrogens with zero attached hydrogens (tertiary/aromatic N) is 1. The zero-order valence-corrected chi connectivity index (χ0v) is 24.5. The average Bonchev–Trinajstić information content (AvgIpc) is 3.75. The van der Waals surface area contributed by atoms with Crippen molar-refractivity contribution in [1.82, 2.24) is 10.3 Å². The number of carbonyl (C=O) groups is 2. The summed E-state index contributed by atoms with van der Waals surface area (Å²) >= 11 is 0. The molecule has 1 aromatic rings. The fourth-order valence-electron chi connectivity index (χ4n) is 6.34. The van der Waals surface area contributed by atoms with Crippen molar-refractivity contribution in [2.24, 2.45) is 17.3 Å². The first-order valence-corrected chi connectivity index (χ1v) is 14.3. The van der Waals surface area contributed by atoms with Crippen molar-refractivity contribution in [1.29, 1.82) is 0 Å². The van der Waals surface area contributed by atoms with Crippen LogP contribution in [0.2, 0.25) is 0 Å². The number of rotatable bonds is 4. The number of ketones is 1. The van der Waals surface area contributed by atoms with Crippen molar-refractivity contribution >= 4 is 17.8 Å². The predicted molar refractivity (Wildman–Crippen MR) is 146 cm³/mol. The van der Waals surface area contributed by atoms with Crippen LogP contribution in [0.3, 0.4) is 0 Å². The van der Waals surface area contributed by atoms with Crippen LogP contribution in [0.4, 0.5) is 0 Å². The summed E-state index contributed by atoms with van der Waals surface area (Å²) in [5.41, 5.74) is -0.433. The molecule has 0 saturated carbocycles. The zero-order chi connectivity index (χ0) is 28.8. The quantitative estimate of drug-likeness (QED) is 0.486. The Hall–Kier alpha value is -2.07.